The molecule has 4 rings (SSSR count). The number of ether oxygens (including phenoxy) is 1. The van der Waals surface area contributed by atoms with E-state index in [9.17, 15) is 9.59 Å². The number of aromatic nitrogens is 1. The fourth-order valence-corrected chi connectivity index (χ4v) is 6.23. The zero-order chi connectivity index (χ0) is 22.0. The third-order valence-corrected chi connectivity index (χ3v) is 7.68. The summed E-state index contributed by atoms with van der Waals surface area (Å²) in [5.41, 5.74) is 7.31. The highest BCUT2D eigenvalue weighted by Gasteiger charge is 2.28. The fraction of sp³-hybridized carbons (Fsp3) is 0.348. The van der Waals surface area contributed by atoms with Gasteiger partial charge in [0.2, 0.25) is 5.91 Å². The van der Waals surface area contributed by atoms with Crippen molar-refractivity contribution >= 4 is 40.8 Å². The molecule has 0 radical (unpaired) electrons. The molecule has 1 amide bonds. The van der Waals surface area contributed by atoms with Gasteiger partial charge in [0.25, 0.3) is 0 Å². The van der Waals surface area contributed by atoms with Crippen LogP contribution < -0.4 is 5.43 Å². The zero-order valence-electron chi connectivity index (χ0n) is 17.9. The second-order valence-corrected chi connectivity index (χ2v) is 9.71. The molecule has 31 heavy (non-hydrogen) atoms. The Kier molecular flexibility index (Phi) is 6.38. The summed E-state index contributed by atoms with van der Waals surface area (Å²) in [6, 6.07) is 5.88. The van der Waals surface area contributed by atoms with E-state index in [-0.39, 0.29) is 11.9 Å². The standard InChI is InChI=1S/C23H25N3O3S2/c1-14-11-16(13-24-25-20(27)12-17-7-6-10-30-17)15(2)26(14)22-21(23(28)29-3)18-8-4-5-9-19(18)31-22/h6-7,10-11,13H,4-5,8-9,12H2,1-3H3,(H,25,27)/b24-13+. The highest BCUT2D eigenvalue weighted by atomic mass is 32.1. The Morgan fingerprint density at radius 3 is 2.84 bits per heavy atom. The number of thiophene rings is 2. The predicted molar refractivity (Wildman–Crippen MR) is 125 cm³/mol. The number of hydrogen-bond acceptors (Lipinski definition) is 6. The maximum absolute atomic E-state index is 12.6. The molecule has 1 aliphatic carbocycles. The van der Waals surface area contributed by atoms with Crippen LogP contribution in [0.1, 0.15) is 55.5 Å². The SMILES string of the molecule is COC(=O)c1c(-n2c(C)cc(/C=N/NC(=O)Cc3cccs3)c2C)sc2c1CCCC2. The van der Waals surface area contributed by atoms with Gasteiger partial charge in [-0.3, -0.25) is 4.79 Å². The van der Waals surface area contributed by atoms with Gasteiger partial charge in [0, 0.05) is 26.7 Å². The van der Waals surface area contributed by atoms with Crippen LogP contribution in [-0.4, -0.2) is 29.8 Å². The molecular formula is C23H25N3O3S2. The third-order valence-electron chi connectivity index (χ3n) is 5.52. The number of carbonyl (C=O) groups is 2. The highest BCUT2D eigenvalue weighted by Crippen LogP contribution is 2.38. The molecule has 0 saturated carbocycles. The van der Waals surface area contributed by atoms with E-state index in [1.54, 1.807) is 28.9 Å². The van der Waals surface area contributed by atoms with Crippen LogP contribution in [0.25, 0.3) is 5.00 Å². The van der Waals surface area contributed by atoms with Gasteiger partial charge in [-0.25, -0.2) is 10.2 Å². The third kappa shape index (κ3) is 4.36. The molecule has 0 atom stereocenters. The molecular weight excluding hydrogens is 430 g/mol. The summed E-state index contributed by atoms with van der Waals surface area (Å²) in [5, 5.41) is 7.01. The van der Waals surface area contributed by atoms with Crippen molar-refractivity contribution in [3.8, 4) is 5.00 Å². The van der Waals surface area contributed by atoms with Crippen molar-refractivity contribution < 1.29 is 14.3 Å². The number of nitrogens with zero attached hydrogens (tertiary/aromatic N) is 2. The van der Waals surface area contributed by atoms with Crippen LogP contribution in [0, 0.1) is 13.8 Å². The van der Waals surface area contributed by atoms with E-state index in [0.29, 0.717) is 12.0 Å². The molecule has 0 spiro atoms. The van der Waals surface area contributed by atoms with E-state index in [0.717, 1.165) is 58.1 Å². The lowest BCUT2D eigenvalue weighted by atomic mass is 9.95. The Hall–Kier alpha value is -2.71. The van der Waals surface area contributed by atoms with Crippen LogP contribution in [0.5, 0.6) is 0 Å². The van der Waals surface area contributed by atoms with Gasteiger partial charge >= 0.3 is 5.97 Å². The average molecular weight is 456 g/mol. The van der Waals surface area contributed by atoms with E-state index in [1.807, 2.05) is 37.4 Å². The maximum Gasteiger partial charge on any atom is 0.341 e. The molecule has 3 heterocycles. The first-order valence-corrected chi connectivity index (χ1v) is 12.0. The first kappa shape index (κ1) is 21.5. The van der Waals surface area contributed by atoms with Gasteiger partial charge in [0.1, 0.15) is 5.00 Å². The molecule has 0 bridgehead atoms. The Morgan fingerprint density at radius 1 is 1.29 bits per heavy atom. The van der Waals surface area contributed by atoms with E-state index in [2.05, 4.69) is 15.1 Å². The van der Waals surface area contributed by atoms with Gasteiger partial charge in [0.15, 0.2) is 0 Å². The molecule has 162 valence electrons. The van der Waals surface area contributed by atoms with Gasteiger partial charge in [-0.2, -0.15) is 5.10 Å². The molecule has 0 fully saturated rings. The van der Waals surface area contributed by atoms with Crippen molar-refractivity contribution in [3.05, 3.63) is 61.4 Å². The molecule has 1 aliphatic rings. The second kappa shape index (κ2) is 9.20. The summed E-state index contributed by atoms with van der Waals surface area (Å²) < 4.78 is 7.23. The van der Waals surface area contributed by atoms with Crippen LogP contribution in [0.15, 0.2) is 28.7 Å². The summed E-state index contributed by atoms with van der Waals surface area (Å²) in [5.74, 6) is -0.427. The molecule has 0 unspecified atom stereocenters. The lowest BCUT2D eigenvalue weighted by molar-refractivity contribution is -0.120. The molecule has 6 nitrogen and oxygen atoms in total. The van der Waals surface area contributed by atoms with Crippen LogP contribution in [0.2, 0.25) is 0 Å². The van der Waals surface area contributed by atoms with E-state index >= 15 is 0 Å². The Bertz CT molecular complexity index is 1140. The van der Waals surface area contributed by atoms with Gasteiger partial charge in [-0.05, 0) is 62.6 Å². The number of carbonyl (C=O) groups excluding carboxylic acids is 2. The first-order chi connectivity index (χ1) is 15.0. The zero-order valence-corrected chi connectivity index (χ0v) is 19.5. The van der Waals surface area contributed by atoms with Gasteiger partial charge < -0.3 is 9.30 Å². The van der Waals surface area contributed by atoms with Crippen LogP contribution in [0.4, 0.5) is 0 Å². The lowest BCUT2D eigenvalue weighted by Gasteiger charge is -2.12. The second-order valence-electron chi connectivity index (χ2n) is 7.59. The summed E-state index contributed by atoms with van der Waals surface area (Å²) in [7, 11) is 1.44. The van der Waals surface area contributed by atoms with Crippen molar-refractivity contribution in [3.63, 3.8) is 0 Å². The number of hydrogen-bond donors (Lipinski definition) is 1. The van der Waals surface area contributed by atoms with Gasteiger partial charge in [-0.1, -0.05) is 6.07 Å². The van der Waals surface area contributed by atoms with Crippen molar-refractivity contribution in [2.24, 2.45) is 5.10 Å². The number of amides is 1. The number of fused-ring (bicyclic) bond motifs is 1. The molecule has 3 aromatic rings. The normalized spacial score (nSPS) is 13.4. The van der Waals surface area contributed by atoms with E-state index in [4.69, 9.17) is 4.74 Å². The largest absolute Gasteiger partial charge is 0.465 e. The van der Waals surface area contributed by atoms with Gasteiger partial charge in [-0.15, -0.1) is 22.7 Å². The molecule has 0 saturated heterocycles. The number of hydrazone groups is 1. The monoisotopic (exact) mass is 455 g/mol. The number of esters is 1. The highest BCUT2D eigenvalue weighted by molar-refractivity contribution is 7.15. The minimum absolute atomic E-state index is 0.147. The van der Waals surface area contributed by atoms with Crippen molar-refractivity contribution in [1.82, 2.24) is 9.99 Å². The van der Waals surface area contributed by atoms with Crippen molar-refractivity contribution in [1.29, 1.82) is 0 Å². The number of rotatable bonds is 6. The number of methoxy groups -OCH3 is 1. The van der Waals surface area contributed by atoms with Crippen LogP contribution in [0.3, 0.4) is 0 Å². The predicted octanol–water partition coefficient (Wildman–Crippen LogP) is 4.58. The molecule has 8 heteroatoms. The number of nitrogens with one attached hydrogen (secondary N) is 1. The quantitative estimate of drug-likeness (QED) is 0.336. The molecule has 1 N–H and O–H groups in total. The minimum atomic E-state index is -0.280. The molecule has 3 aromatic heterocycles. The number of aryl methyl sites for hydroxylation is 2. The summed E-state index contributed by atoms with van der Waals surface area (Å²) >= 11 is 3.23. The van der Waals surface area contributed by atoms with Crippen LogP contribution in [-0.2, 0) is 28.8 Å². The average Bonchev–Trinajstić information content (AvgIpc) is 3.45. The van der Waals surface area contributed by atoms with E-state index < -0.39 is 0 Å². The fourth-order valence-electron chi connectivity index (χ4n) is 4.04. The molecule has 0 aliphatic heterocycles. The maximum atomic E-state index is 12.6. The topological polar surface area (TPSA) is 72.7 Å². The lowest BCUT2D eigenvalue weighted by Crippen LogP contribution is -2.19. The van der Waals surface area contributed by atoms with Crippen LogP contribution >= 0.6 is 22.7 Å². The van der Waals surface area contributed by atoms with Crippen molar-refractivity contribution in [2.45, 2.75) is 46.0 Å². The smallest absolute Gasteiger partial charge is 0.341 e. The Morgan fingerprint density at radius 2 is 2.10 bits per heavy atom. The Balaban J connectivity index is 1.61. The van der Waals surface area contributed by atoms with Crippen molar-refractivity contribution in [2.75, 3.05) is 7.11 Å². The minimum Gasteiger partial charge on any atom is -0.465 e. The summed E-state index contributed by atoms with van der Waals surface area (Å²) in [4.78, 5) is 27.0. The van der Waals surface area contributed by atoms with Gasteiger partial charge in [0.05, 0.1) is 25.3 Å². The Labute approximate surface area is 189 Å². The molecule has 0 aromatic carbocycles. The summed E-state index contributed by atoms with van der Waals surface area (Å²) in [6.07, 6.45) is 6.15. The summed E-state index contributed by atoms with van der Waals surface area (Å²) in [6.45, 7) is 4.01. The first-order valence-electron chi connectivity index (χ1n) is 10.3. The van der Waals surface area contributed by atoms with E-state index in [1.165, 1.54) is 12.0 Å².